The van der Waals surface area contributed by atoms with Gasteiger partial charge in [0.25, 0.3) is 0 Å². The highest BCUT2D eigenvalue weighted by molar-refractivity contribution is 5.95. The smallest absolute Gasteiger partial charge is 0.306 e. The summed E-state index contributed by atoms with van der Waals surface area (Å²) < 4.78 is 58.0. The summed E-state index contributed by atoms with van der Waals surface area (Å²) in [5.74, 6) is -0.148. The lowest BCUT2D eigenvalue weighted by Gasteiger charge is -2.48. The highest BCUT2D eigenvalue weighted by Crippen LogP contribution is 2.34. The van der Waals surface area contributed by atoms with Crippen molar-refractivity contribution in [2.24, 2.45) is 5.92 Å². The van der Waals surface area contributed by atoms with E-state index in [2.05, 4.69) is 11.2 Å². The van der Waals surface area contributed by atoms with Gasteiger partial charge in [-0.1, -0.05) is 6.92 Å². The monoisotopic (exact) mass is 851 g/mol. The minimum atomic E-state index is -2.03. The fourth-order valence-electron chi connectivity index (χ4n) is 6.51. The molecule has 3 aliphatic rings. The Morgan fingerprint density at radius 3 is 1.90 bits per heavy atom. The number of alkyl halides is 1. The Morgan fingerprint density at radius 2 is 1.34 bits per heavy atom. The first-order valence-corrected chi connectivity index (χ1v) is 18.9. The molecule has 0 aromatic heterocycles. The average molecular weight is 852 g/mol. The van der Waals surface area contributed by atoms with E-state index in [1.54, 1.807) is 0 Å². The van der Waals surface area contributed by atoms with E-state index in [1.807, 2.05) is 6.92 Å². The van der Waals surface area contributed by atoms with Gasteiger partial charge < -0.3 is 94.3 Å². The van der Waals surface area contributed by atoms with Gasteiger partial charge >= 0.3 is 5.97 Å². The van der Waals surface area contributed by atoms with Crippen molar-refractivity contribution in [2.75, 3.05) is 45.0 Å². The van der Waals surface area contributed by atoms with Crippen molar-refractivity contribution >= 4 is 17.6 Å². The number of hydrogen-bond donors (Lipinski definition) is 11. The first-order chi connectivity index (χ1) is 28.2. The Labute approximate surface area is 338 Å². The lowest BCUT2D eigenvalue weighted by Crippen LogP contribution is -2.66. The van der Waals surface area contributed by atoms with Crippen LogP contribution < -0.4 is 10.1 Å². The molecule has 21 nitrogen and oxygen atoms in total. The number of halogens is 1. The zero-order chi connectivity index (χ0) is 43.4. The topological polar surface area (TPSA) is 322 Å². The molecule has 0 saturated carbocycles. The summed E-state index contributed by atoms with van der Waals surface area (Å²) in [6.45, 7) is -1.10. The quantitative estimate of drug-likeness (QED) is 0.0338. The maximum atomic E-state index is 14.3. The van der Waals surface area contributed by atoms with Gasteiger partial charge in [0.2, 0.25) is 12.2 Å². The van der Waals surface area contributed by atoms with Gasteiger partial charge in [0.05, 0.1) is 38.8 Å². The van der Waals surface area contributed by atoms with Crippen LogP contribution >= 0.6 is 0 Å². The zero-order valence-corrected chi connectivity index (χ0v) is 32.1. The van der Waals surface area contributed by atoms with Crippen LogP contribution in [0.5, 0.6) is 5.75 Å². The number of carbonyl (C=O) groups excluding carboxylic acids is 2. The molecule has 0 radical (unpaired) electrons. The Hall–Kier alpha value is -3.19. The van der Waals surface area contributed by atoms with E-state index in [9.17, 15) is 65.0 Å². The SMILES string of the molecule is C#CCC(CC(=O)OCCOCCC)C(=O)Nc1ccc(O[C@@H]2OC(CO)[C@@H](O[C@H]3OC(CO)[C@@H](O[C@H]4OC(CO)[C@@H](O)[C@H](O)C4O)[C@H](O)C3O)[C@H](O)C2O)c(CF)c1. The van der Waals surface area contributed by atoms with Crippen molar-refractivity contribution in [1.82, 2.24) is 0 Å². The van der Waals surface area contributed by atoms with Gasteiger partial charge in [0, 0.05) is 24.3 Å². The maximum absolute atomic E-state index is 14.3. The van der Waals surface area contributed by atoms with Gasteiger partial charge in [-0.05, 0) is 24.6 Å². The molecule has 1 amide bonds. The summed E-state index contributed by atoms with van der Waals surface area (Å²) in [6, 6.07) is 3.77. The number of benzene rings is 1. The van der Waals surface area contributed by atoms with E-state index >= 15 is 0 Å². The van der Waals surface area contributed by atoms with Crippen molar-refractivity contribution in [3.8, 4) is 18.1 Å². The number of anilines is 1. The molecule has 0 spiro atoms. The Balaban J connectivity index is 1.38. The Morgan fingerprint density at radius 1 is 0.780 bits per heavy atom. The predicted octanol–water partition coefficient (Wildman–Crippen LogP) is -4.08. The van der Waals surface area contributed by atoms with Crippen LogP contribution in [0.1, 0.15) is 31.7 Å². The predicted molar refractivity (Wildman–Crippen MR) is 193 cm³/mol. The van der Waals surface area contributed by atoms with Crippen molar-refractivity contribution in [3.63, 3.8) is 0 Å². The number of amides is 1. The van der Waals surface area contributed by atoms with E-state index in [0.29, 0.717) is 6.61 Å². The molecular weight excluding hydrogens is 797 g/mol. The molecule has 1 aromatic carbocycles. The molecule has 0 bridgehead atoms. The minimum Gasteiger partial charge on any atom is -0.463 e. The van der Waals surface area contributed by atoms with Crippen LogP contribution in [0.3, 0.4) is 0 Å². The number of rotatable bonds is 20. The molecule has 3 saturated heterocycles. The number of aliphatic hydroxyl groups is 10. The van der Waals surface area contributed by atoms with Crippen LogP contribution in [0.4, 0.5) is 10.1 Å². The van der Waals surface area contributed by atoms with E-state index in [4.69, 9.17) is 44.3 Å². The van der Waals surface area contributed by atoms with Gasteiger partial charge in [-0.3, -0.25) is 9.59 Å². The molecule has 11 N–H and O–H groups in total. The zero-order valence-electron chi connectivity index (χ0n) is 32.1. The number of aliphatic hydroxyl groups excluding tert-OH is 10. The van der Waals surface area contributed by atoms with Gasteiger partial charge in [0.1, 0.15) is 92.3 Å². The van der Waals surface area contributed by atoms with Crippen molar-refractivity contribution in [3.05, 3.63) is 23.8 Å². The lowest BCUT2D eigenvalue weighted by molar-refractivity contribution is -0.376. The highest BCUT2D eigenvalue weighted by atomic mass is 19.1. The van der Waals surface area contributed by atoms with Crippen molar-refractivity contribution in [1.29, 1.82) is 0 Å². The Bertz CT molecular complexity index is 1510. The number of ether oxygens (including phenoxy) is 8. The van der Waals surface area contributed by atoms with Crippen LogP contribution in [-0.2, 0) is 49.4 Å². The fourth-order valence-corrected chi connectivity index (χ4v) is 6.51. The van der Waals surface area contributed by atoms with Gasteiger partial charge in [-0.25, -0.2) is 4.39 Å². The van der Waals surface area contributed by atoms with E-state index < -0.39 is 136 Å². The van der Waals surface area contributed by atoms with Gasteiger partial charge in [-0.2, -0.15) is 0 Å². The number of terminal acetylenes is 1. The first-order valence-electron chi connectivity index (χ1n) is 18.9. The molecule has 7 unspecified atom stereocenters. The van der Waals surface area contributed by atoms with Crippen LogP contribution in [0.25, 0.3) is 0 Å². The highest BCUT2D eigenvalue weighted by Gasteiger charge is 2.53. The third-order valence-corrected chi connectivity index (χ3v) is 9.77. The summed E-state index contributed by atoms with van der Waals surface area (Å²) in [7, 11) is 0. The molecule has 334 valence electrons. The second-order valence-corrected chi connectivity index (χ2v) is 14.0. The molecule has 59 heavy (non-hydrogen) atoms. The minimum absolute atomic E-state index is 0.00332. The second-order valence-electron chi connectivity index (χ2n) is 14.0. The summed E-state index contributed by atoms with van der Waals surface area (Å²) in [6.07, 6.45) is -20.8. The molecule has 1 aromatic rings. The Kier molecular flexibility index (Phi) is 19.0. The maximum Gasteiger partial charge on any atom is 0.306 e. The van der Waals surface area contributed by atoms with Gasteiger partial charge in [0.15, 0.2) is 12.6 Å². The molecule has 22 heteroatoms. The fraction of sp³-hybridized carbons (Fsp3) is 0.730. The number of hydrogen-bond acceptors (Lipinski definition) is 20. The van der Waals surface area contributed by atoms with Gasteiger partial charge in [-0.15, -0.1) is 12.3 Å². The summed E-state index contributed by atoms with van der Waals surface area (Å²) in [4.78, 5) is 25.3. The van der Waals surface area contributed by atoms with Crippen LogP contribution in [0, 0.1) is 18.3 Å². The molecule has 3 heterocycles. The van der Waals surface area contributed by atoms with Crippen LogP contribution in [-0.4, -0.2) is 195 Å². The third-order valence-electron chi connectivity index (χ3n) is 9.77. The van der Waals surface area contributed by atoms with E-state index in [0.717, 1.165) is 6.42 Å². The van der Waals surface area contributed by atoms with Crippen LogP contribution in [0.2, 0.25) is 0 Å². The molecule has 4 rings (SSSR count). The lowest BCUT2D eigenvalue weighted by atomic mass is 9.96. The molecule has 3 aliphatic heterocycles. The van der Waals surface area contributed by atoms with Crippen molar-refractivity contribution < 1.29 is 103 Å². The second kappa shape index (κ2) is 23.1. The van der Waals surface area contributed by atoms with Crippen molar-refractivity contribution in [2.45, 2.75) is 125 Å². The molecule has 16 atom stereocenters. The third kappa shape index (κ3) is 12.2. The standard InChI is InChI=1S/C37H54FNO20/c1-3-5-17(12-24(43)53-10-9-52-8-4-2)34(51)39-19-6-7-20(18(11-19)13-38)54-35-30(49)27(46)32(22(15-41)56-35)59-37-31(50)28(47)33(23(16-42)57-37)58-36-29(48)26(45)25(44)21(14-40)55-36/h1,6-7,11,17,21-23,25-33,35-37,40-42,44-50H,4-5,8-10,12-16H2,2H3,(H,39,51)/t17?,21?,22?,23?,25-,26+,27-,28-,29?,30?,31?,32-,33-,35-,36-,37-/m1/s1. The first kappa shape index (κ1) is 48.5. The molecular formula is C37H54FNO20. The number of esters is 1. The normalized spacial score (nSPS) is 35.3. The van der Waals surface area contributed by atoms with E-state index in [-0.39, 0.29) is 43.1 Å². The van der Waals surface area contributed by atoms with Crippen LogP contribution in [0.15, 0.2) is 18.2 Å². The summed E-state index contributed by atoms with van der Waals surface area (Å²) >= 11 is 0. The number of carbonyl (C=O) groups is 2. The number of nitrogens with one attached hydrogen (secondary N) is 1. The average Bonchev–Trinajstić information content (AvgIpc) is 3.23. The largest absolute Gasteiger partial charge is 0.463 e. The summed E-state index contributed by atoms with van der Waals surface area (Å²) in [5.41, 5.74) is -0.0457. The summed E-state index contributed by atoms with van der Waals surface area (Å²) in [5, 5.41) is 107. The molecule has 0 aliphatic carbocycles. The van der Waals surface area contributed by atoms with E-state index in [1.165, 1.54) is 18.2 Å². The molecule has 3 fully saturated rings.